The van der Waals surface area contributed by atoms with Crippen LogP contribution in [0.1, 0.15) is 45.7 Å². The molecule has 0 unspecified atom stereocenters. The number of carbonyl (C=O) groups excluding carboxylic acids is 1. The van der Waals surface area contributed by atoms with Crippen molar-refractivity contribution >= 4 is 28.6 Å². The Morgan fingerprint density at radius 3 is 2.60 bits per heavy atom. The van der Waals surface area contributed by atoms with Gasteiger partial charge >= 0.3 is 0 Å². The molecule has 0 aliphatic carbocycles. The van der Waals surface area contributed by atoms with Crippen LogP contribution in [0.5, 0.6) is 0 Å². The lowest BCUT2D eigenvalue weighted by Gasteiger charge is -2.11. The van der Waals surface area contributed by atoms with Gasteiger partial charge in [-0.15, -0.1) is 21.5 Å². The number of carbonyl (C=O) groups is 1. The topological polar surface area (TPSA) is 94.9 Å². The molecule has 4 rings (SSSR count). The number of fused-ring (bicyclic) bond motifs is 3. The largest absolute Gasteiger partial charge is 0.370 e. The average Bonchev–Trinajstić information content (AvgIpc) is 3.21. The number of rotatable bonds is 4. The molecule has 0 saturated heterocycles. The van der Waals surface area contributed by atoms with Gasteiger partial charge in [0.15, 0.2) is 11.5 Å². The maximum atomic E-state index is 11.8. The van der Waals surface area contributed by atoms with Gasteiger partial charge in [0.2, 0.25) is 12.5 Å². The van der Waals surface area contributed by atoms with Crippen molar-refractivity contribution < 1.29 is 4.79 Å². The van der Waals surface area contributed by atoms with E-state index >= 15 is 0 Å². The number of nitrogens with zero attached hydrogens (tertiary/aromatic N) is 6. The Morgan fingerprint density at radius 1 is 1.23 bits per heavy atom. The number of amides is 1. The summed E-state index contributed by atoms with van der Waals surface area (Å²) in [5, 5.41) is 9.38. The Kier molecular flexibility index (Phi) is 4.90. The van der Waals surface area contributed by atoms with E-state index < -0.39 is 11.9 Å². The van der Waals surface area contributed by atoms with E-state index in [9.17, 15) is 4.79 Å². The van der Waals surface area contributed by atoms with Crippen molar-refractivity contribution in [3.8, 4) is 5.00 Å². The van der Waals surface area contributed by atoms with Crippen LogP contribution in [0.15, 0.2) is 29.3 Å². The summed E-state index contributed by atoms with van der Waals surface area (Å²) in [6.45, 7) is 18.6. The fraction of sp³-hybridized carbons (Fsp3) is 0.238. The molecule has 30 heavy (non-hydrogen) atoms. The molecule has 0 bridgehead atoms. The van der Waals surface area contributed by atoms with E-state index in [0.29, 0.717) is 23.0 Å². The third-order valence-corrected chi connectivity index (χ3v) is 6.25. The van der Waals surface area contributed by atoms with E-state index in [1.165, 1.54) is 11.3 Å². The number of aromatic nitrogens is 3. The molecule has 2 N–H and O–H groups in total. The summed E-state index contributed by atoms with van der Waals surface area (Å²) in [7, 11) is 0. The predicted molar refractivity (Wildman–Crippen MR) is 114 cm³/mol. The van der Waals surface area contributed by atoms with Crippen LogP contribution in [0.25, 0.3) is 14.7 Å². The Hall–Kier alpha value is -3.82. The van der Waals surface area contributed by atoms with Crippen LogP contribution in [-0.4, -0.2) is 26.4 Å². The molecule has 0 spiro atoms. The van der Waals surface area contributed by atoms with Crippen LogP contribution in [-0.2, 0) is 11.3 Å². The molecule has 3 aromatic rings. The van der Waals surface area contributed by atoms with Crippen LogP contribution in [0.3, 0.4) is 0 Å². The van der Waals surface area contributed by atoms with E-state index in [0.717, 1.165) is 26.6 Å². The summed E-state index contributed by atoms with van der Waals surface area (Å²) < 4.78 is 1.91. The van der Waals surface area contributed by atoms with Gasteiger partial charge in [-0.25, -0.2) is 11.4 Å². The molecule has 1 aliphatic rings. The first-order valence-electron chi connectivity index (χ1n) is 9.16. The van der Waals surface area contributed by atoms with Crippen molar-refractivity contribution in [3.05, 3.63) is 80.3 Å². The lowest BCUT2D eigenvalue weighted by atomic mass is 9.99. The van der Waals surface area contributed by atoms with Crippen LogP contribution in [0.4, 0.5) is 5.69 Å². The normalized spacial score (nSPS) is 14.7. The molecule has 3 heterocycles. The fourth-order valence-electron chi connectivity index (χ4n) is 3.57. The molecule has 0 fully saturated rings. The van der Waals surface area contributed by atoms with E-state index in [2.05, 4.69) is 19.9 Å². The standard InChI is InChI=1S/C21H17N7OS/c1-11-16(10-23-3)30-21-18(11)19(13-5-7-14(24-4)8-6-13)25-15(9-17(22)29)20-27-26-12(2)28(20)21/h5-8,15H,9-10H2,1-2H3,(H2,22,29)/t15-/m0/s1. The second kappa shape index (κ2) is 7.54. The number of nitrogens with two attached hydrogens (primary N) is 1. The van der Waals surface area contributed by atoms with Gasteiger partial charge in [-0.3, -0.25) is 14.4 Å². The lowest BCUT2D eigenvalue weighted by Crippen LogP contribution is -2.17. The molecular formula is C21H17N7OS. The quantitative estimate of drug-likeness (QED) is 0.659. The number of hydrogen-bond acceptors (Lipinski definition) is 5. The zero-order chi connectivity index (χ0) is 21.4. The molecule has 2 aromatic heterocycles. The van der Waals surface area contributed by atoms with E-state index in [1.54, 1.807) is 12.1 Å². The second-order valence-corrected chi connectivity index (χ2v) is 7.99. The molecule has 1 aromatic carbocycles. The summed E-state index contributed by atoms with van der Waals surface area (Å²) in [5.41, 5.74) is 9.42. The number of primary amides is 1. The van der Waals surface area contributed by atoms with E-state index in [1.807, 2.05) is 30.5 Å². The Morgan fingerprint density at radius 2 is 1.97 bits per heavy atom. The summed E-state index contributed by atoms with van der Waals surface area (Å²) in [5.74, 6) is 0.751. The molecule has 9 heteroatoms. The summed E-state index contributed by atoms with van der Waals surface area (Å²) in [6, 6.07) is 6.60. The van der Waals surface area contributed by atoms with Gasteiger partial charge in [0.1, 0.15) is 16.9 Å². The molecular weight excluding hydrogens is 398 g/mol. The van der Waals surface area contributed by atoms with Crippen LogP contribution in [0, 0.1) is 27.0 Å². The molecule has 1 amide bonds. The number of aliphatic imine (C=N–C) groups is 1. The zero-order valence-corrected chi connectivity index (χ0v) is 17.2. The minimum absolute atomic E-state index is 0.00463. The summed E-state index contributed by atoms with van der Waals surface area (Å²) >= 11 is 1.51. The smallest absolute Gasteiger partial charge is 0.249 e. The third-order valence-electron chi connectivity index (χ3n) is 4.99. The molecule has 0 saturated carbocycles. The van der Waals surface area contributed by atoms with Gasteiger partial charge in [0.05, 0.1) is 23.6 Å². The van der Waals surface area contributed by atoms with Crippen LogP contribution >= 0.6 is 11.3 Å². The van der Waals surface area contributed by atoms with E-state index in [4.69, 9.17) is 23.9 Å². The summed E-state index contributed by atoms with van der Waals surface area (Å²) in [6.07, 6.45) is 0.00463. The highest BCUT2D eigenvalue weighted by molar-refractivity contribution is 7.15. The Bertz CT molecular complexity index is 1270. The molecule has 8 nitrogen and oxygen atoms in total. The highest BCUT2D eigenvalue weighted by atomic mass is 32.1. The van der Waals surface area contributed by atoms with Crippen molar-refractivity contribution in [2.24, 2.45) is 10.7 Å². The van der Waals surface area contributed by atoms with Gasteiger partial charge < -0.3 is 10.6 Å². The highest BCUT2D eigenvalue weighted by Gasteiger charge is 2.32. The average molecular weight is 415 g/mol. The molecule has 1 aliphatic heterocycles. The SMILES string of the molecule is [C-]#[N+]Cc1sc2c(c1C)C(c1ccc([N+]#[C-])cc1)=N[C@@H](CC(N)=O)c1nnc(C)n1-2. The Balaban J connectivity index is 2.03. The lowest BCUT2D eigenvalue weighted by molar-refractivity contribution is -0.118. The monoisotopic (exact) mass is 415 g/mol. The van der Waals surface area contributed by atoms with Crippen LogP contribution < -0.4 is 5.73 Å². The molecule has 0 radical (unpaired) electrons. The zero-order valence-electron chi connectivity index (χ0n) is 16.4. The minimum Gasteiger partial charge on any atom is -0.370 e. The first-order valence-corrected chi connectivity index (χ1v) is 9.98. The van der Waals surface area contributed by atoms with Gasteiger partial charge in [-0.1, -0.05) is 24.3 Å². The van der Waals surface area contributed by atoms with Crippen molar-refractivity contribution in [2.75, 3.05) is 0 Å². The summed E-state index contributed by atoms with van der Waals surface area (Å²) in [4.78, 5) is 24.7. The molecule has 148 valence electrons. The van der Waals surface area contributed by atoms with Gasteiger partial charge in [0, 0.05) is 5.56 Å². The second-order valence-electron chi connectivity index (χ2n) is 6.91. The third kappa shape index (κ3) is 3.15. The number of aryl methyl sites for hydroxylation is 1. The van der Waals surface area contributed by atoms with Gasteiger partial charge in [-0.2, -0.15) is 0 Å². The molecule has 1 atom stereocenters. The van der Waals surface area contributed by atoms with Crippen LogP contribution in [0.2, 0.25) is 0 Å². The number of hydrogen-bond donors (Lipinski definition) is 1. The van der Waals surface area contributed by atoms with Crippen molar-refractivity contribution in [3.63, 3.8) is 0 Å². The van der Waals surface area contributed by atoms with Crippen molar-refractivity contribution in [1.29, 1.82) is 0 Å². The van der Waals surface area contributed by atoms with Gasteiger partial charge in [0.25, 0.3) is 0 Å². The first kappa shape index (κ1) is 19.5. The number of thiophene rings is 1. The van der Waals surface area contributed by atoms with Gasteiger partial charge in [-0.05, 0) is 25.0 Å². The first-order chi connectivity index (χ1) is 14.4. The number of benzene rings is 1. The highest BCUT2D eigenvalue weighted by Crippen LogP contribution is 2.40. The van der Waals surface area contributed by atoms with Crippen molar-refractivity contribution in [1.82, 2.24) is 14.8 Å². The Labute approximate surface area is 177 Å². The maximum Gasteiger partial charge on any atom is 0.249 e. The van der Waals surface area contributed by atoms with Crippen molar-refractivity contribution in [2.45, 2.75) is 32.9 Å². The fourth-order valence-corrected chi connectivity index (χ4v) is 4.85. The van der Waals surface area contributed by atoms with E-state index in [-0.39, 0.29) is 13.0 Å². The maximum absolute atomic E-state index is 11.8. The minimum atomic E-state index is -0.581. The predicted octanol–water partition coefficient (Wildman–Crippen LogP) is 3.68.